The van der Waals surface area contributed by atoms with Crippen molar-refractivity contribution in [2.75, 3.05) is 13.7 Å². The lowest BCUT2D eigenvalue weighted by Crippen LogP contribution is -2.65. The molecule has 148 valence electrons. The van der Waals surface area contributed by atoms with Crippen LogP contribution in [0.2, 0.25) is 0 Å². The molecule has 1 amide bonds. The number of carbonyl (C=O) groups excluding carboxylic acids is 1. The van der Waals surface area contributed by atoms with Gasteiger partial charge in [0.05, 0.1) is 24.3 Å². The first kappa shape index (κ1) is 20.1. The van der Waals surface area contributed by atoms with Gasteiger partial charge in [0.1, 0.15) is 6.04 Å². The predicted molar refractivity (Wildman–Crippen MR) is 101 cm³/mol. The van der Waals surface area contributed by atoms with Gasteiger partial charge in [-0.05, 0) is 49.4 Å². The summed E-state index contributed by atoms with van der Waals surface area (Å²) >= 11 is 0. The third-order valence-corrected chi connectivity index (χ3v) is 7.03. The molecule has 0 unspecified atom stereocenters. The number of nitrogens with two attached hydrogens (primary N) is 1. The molecule has 0 aromatic carbocycles. The minimum Gasteiger partial charge on any atom is -0.404 e. The summed E-state index contributed by atoms with van der Waals surface area (Å²) in [6.07, 6.45) is 3.16. The first-order valence-corrected chi connectivity index (χ1v) is 9.97. The molecule has 1 heterocycles. The van der Waals surface area contributed by atoms with Gasteiger partial charge in [0.2, 0.25) is 5.91 Å². The maximum atomic E-state index is 12.4. The number of carbonyl (C=O) groups is 1. The van der Waals surface area contributed by atoms with E-state index >= 15 is 0 Å². The summed E-state index contributed by atoms with van der Waals surface area (Å²) in [4.78, 5) is 12.4. The topological polar surface area (TPSA) is 82.8 Å². The normalized spacial score (nSPS) is 37.1. The molecule has 3 N–H and O–H groups in total. The third-order valence-electron chi connectivity index (χ3n) is 7.03. The molecule has 4 fully saturated rings. The highest BCUT2D eigenvalue weighted by Gasteiger charge is 2.68. The fourth-order valence-corrected chi connectivity index (χ4v) is 5.36. The molecule has 2 bridgehead atoms. The Labute approximate surface area is 158 Å². The number of nitrogens with one attached hydrogen (secondary N) is 1. The van der Waals surface area contributed by atoms with Crippen molar-refractivity contribution in [1.29, 1.82) is 0 Å². The van der Waals surface area contributed by atoms with Crippen molar-refractivity contribution in [2.45, 2.75) is 77.6 Å². The lowest BCUT2D eigenvalue weighted by Gasteiger charge is -2.64. The molecule has 6 atom stereocenters. The van der Waals surface area contributed by atoms with Crippen LogP contribution in [0.15, 0.2) is 0 Å². The Balaban J connectivity index is 1.71. The van der Waals surface area contributed by atoms with Crippen LogP contribution in [-0.4, -0.2) is 50.4 Å². The minimum atomic E-state index is -0.680. The lowest BCUT2D eigenvalue weighted by atomic mass is 9.43. The van der Waals surface area contributed by atoms with Crippen molar-refractivity contribution in [2.24, 2.45) is 28.9 Å². The minimum absolute atomic E-state index is 0.114. The average Bonchev–Trinajstić information content (AvgIpc) is 2.90. The third kappa shape index (κ3) is 3.32. The molecule has 1 aliphatic heterocycles. The quantitative estimate of drug-likeness (QED) is 0.671. The van der Waals surface area contributed by atoms with E-state index < -0.39 is 13.2 Å². The number of rotatable bonds is 7. The van der Waals surface area contributed by atoms with E-state index in [4.69, 9.17) is 19.8 Å². The summed E-state index contributed by atoms with van der Waals surface area (Å²) in [5.74, 6) is 1.21. The number of ether oxygens (including phenoxy) is 1. The fourth-order valence-electron chi connectivity index (χ4n) is 5.36. The Morgan fingerprint density at radius 2 is 2.04 bits per heavy atom. The van der Waals surface area contributed by atoms with Crippen LogP contribution in [0.5, 0.6) is 0 Å². The fraction of sp³-hybridized carbons (Fsp3) is 0.947. The first-order valence-electron chi connectivity index (χ1n) is 9.97. The molecule has 26 heavy (non-hydrogen) atoms. The van der Waals surface area contributed by atoms with Crippen LogP contribution >= 0.6 is 0 Å². The molecule has 0 aromatic rings. The maximum absolute atomic E-state index is 12.4. The van der Waals surface area contributed by atoms with E-state index in [0.717, 1.165) is 12.8 Å². The Hall–Kier alpha value is -0.625. The zero-order valence-corrected chi connectivity index (χ0v) is 17.1. The van der Waals surface area contributed by atoms with Gasteiger partial charge in [-0.25, -0.2) is 0 Å². The van der Waals surface area contributed by atoms with Crippen LogP contribution in [0.3, 0.4) is 0 Å². The van der Waals surface area contributed by atoms with Crippen molar-refractivity contribution in [3.8, 4) is 0 Å². The van der Waals surface area contributed by atoms with Crippen LogP contribution in [0, 0.1) is 23.2 Å². The number of methoxy groups -OCH3 is 1. The SMILES string of the molecule is COC[C@@H](N)C(=O)N[C@@H](CC(C)C)B1O[C@@H]2C[C@@H]3C[C@@H](C3(C)C)[C@]2(C)O1. The molecule has 4 aliphatic rings. The van der Waals surface area contributed by atoms with Crippen LogP contribution in [0.25, 0.3) is 0 Å². The van der Waals surface area contributed by atoms with E-state index in [0.29, 0.717) is 23.2 Å². The van der Waals surface area contributed by atoms with Gasteiger partial charge in [0.15, 0.2) is 0 Å². The second-order valence-electron chi connectivity index (χ2n) is 9.64. The van der Waals surface area contributed by atoms with E-state index in [1.807, 2.05) is 0 Å². The summed E-state index contributed by atoms with van der Waals surface area (Å²) in [7, 11) is 1.13. The molecule has 0 spiro atoms. The second kappa shape index (κ2) is 7.08. The summed E-state index contributed by atoms with van der Waals surface area (Å²) in [6.45, 7) is 11.4. The van der Waals surface area contributed by atoms with Crippen molar-refractivity contribution in [1.82, 2.24) is 5.32 Å². The van der Waals surface area contributed by atoms with Gasteiger partial charge in [-0.2, -0.15) is 0 Å². The summed E-state index contributed by atoms with van der Waals surface area (Å²) in [5.41, 5.74) is 5.93. The van der Waals surface area contributed by atoms with Gasteiger partial charge >= 0.3 is 7.12 Å². The Morgan fingerprint density at radius 3 is 2.62 bits per heavy atom. The van der Waals surface area contributed by atoms with Gasteiger partial charge < -0.3 is 25.1 Å². The predicted octanol–water partition coefficient (Wildman–Crippen LogP) is 1.76. The summed E-state index contributed by atoms with van der Waals surface area (Å²) in [5, 5.41) is 3.06. The van der Waals surface area contributed by atoms with E-state index in [9.17, 15) is 4.79 Å². The number of hydrogen-bond donors (Lipinski definition) is 2. The Kier molecular flexibility index (Phi) is 5.48. The van der Waals surface area contributed by atoms with E-state index in [2.05, 4.69) is 39.9 Å². The van der Waals surface area contributed by atoms with Gasteiger partial charge in [0.25, 0.3) is 0 Å². The molecule has 7 heteroatoms. The van der Waals surface area contributed by atoms with Crippen LogP contribution in [0.4, 0.5) is 0 Å². The smallest absolute Gasteiger partial charge is 0.404 e. The van der Waals surface area contributed by atoms with Crippen LogP contribution in [0.1, 0.15) is 53.9 Å². The van der Waals surface area contributed by atoms with Gasteiger partial charge in [-0.1, -0.05) is 27.7 Å². The van der Waals surface area contributed by atoms with Crippen LogP contribution < -0.4 is 11.1 Å². The molecular formula is C19H35BN2O4. The van der Waals surface area contributed by atoms with Gasteiger partial charge in [0, 0.05) is 7.11 Å². The highest BCUT2D eigenvalue weighted by molar-refractivity contribution is 6.47. The molecule has 4 rings (SSSR count). The van der Waals surface area contributed by atoms with E-state index in [-0.39, 0.29) is 30.2 Å². The summed E-state index contributed by atoms with van der Waals surface area (Å²) in [6, 6.07) is -0.680. The highest BCUT2D eigenvalue weighted by atomic mass is 16.7. The van der Waals surface area contributed by atoms with E-state index in [1.54, 1.807) is 7.11 Å². The van der Waals surface area contributed by atoms with Crippen molar-refractivity contribution < 1.29 is 18.8 Å². The molecule has 0 aromatic heterocycles. The summed E-state index contributed by atoms with van der Waals surface area (Å²) < 4.78 is 17.9. The average molecular weight is 366 g/mol. The van der Waals surface area contributed by atoms with Crippen molar-refractivity contribution >= 4 is 13.0 Å². The number of hydrogen-bond acceptors (Lipinski definition) is 5. The maximum Gasteiger partial charge on any atom is 0.481 e. The van der Waals surface area contributed by atoms with Crippen molar-refractivity contribution in [3.63, 3.8) is 0 Å². The van der Waals surface area contributed by atoms with Crippen LogP contribution in [-0.2, 0) is 18.8 Å². The van der Waals surface area contributed by atoms with E-state index in [1.165, 1.54) is 6.42 Å². The van der Waals surface area contributed by atoms with Gasteiger partial charge in [-0.15, -0.1) is 0 Å². The molecule has 3 aliphatic carbocycles. The standard InChI is InChI=1S/C19H35BN2O4/c1-11(2)7-16(22-17(23)13(21)10-24-6)20-25-15-9-12-8-14(18(12,3)4)19(15,5)26-20/h11-16H,7-10,21H2,1-6H3,(H,22,23)/t12-,13+,14-,15+,16-,19-/m0/s1. The molecule has 3 saturated carbocycles. The lowest BCUT2D eigenvalue weighted by molar-refractivity contribution is -0.199. The number of amides is 1. The molecular weight excluding hydrogens is 331 g/mol. The van der Waals surface area contributed by atoms with Gasteiger partial charge in [-0.3, -0.25) is 4.79 Å². The Bertz CT molecular complexity index is 544. The Morgan fingerprint density at radius 1 is 1.35 bits per heavy atom. The molecule has 6 nitrogen and oxygen atoms in total. The monoisotopic (exact) mass is 366 g/mol. The molecule has 1 saturated heterocycles. The van der Waals surface area contributed by atoms with Crippen molar-refractivity contribution in [3.05, 3.63) is 0 Å². The first-order chi connectivity index (χ1) is 12.1. The zero-order chi connectivity index (χ0) is 19.3. The highest BCUT2D eigenvalue weighted by Crippen LogP contribution is 2.65. The second-order valence-corrected chi connectivity index (χ2v) is 9.64. The largest absolute Gasteiger partial charge is 0.481 e. The zero-order valence-electron chi connectivity index (χ0n) is 17.1. The molecule has 0 radical (unpaired) electrons.